The standard InChI is InChI=1S/C14H22N2O3S/c1-16-8-14(6-13(16)9-17)20(18,19)15-7-12-5-10-2-3-11(12)4-10/h6,8,10-12,15,17H,2-5,7,9H2,1H3. The smallest absolute Gasteiger partial charge is 0.242 e. The van der Waals surface area contributed by atoms with Crippen molar-refractivity contribution < 1.29 is 13.5 Å². The van der Waals surface area contributed by atoms with E-state index in [4.69, 9.17) is 5.11 Å². The summed E-state index contributed by atoms with van der Waals surface area (Å²) in [5.41, 5.74) is 0.602. The first kappa shape index (κ1) is 14.1. The van der Waals surface area contributed by atoms with Gasteiger partial charge in [0.15, 0.2) is 0 Å². The molecule has 3 rings (SSSR count). The molecule has 112 valence electrons. The molecule has 20 heavy (non-hydrogen) atoms. The van der Waals surface area contributed by atoms with E-state index < -0.39 is 10.0 Å². The van der Waals surface area contributed by atoms with Crippen LogP contribution in [0.25, 0.3) is 0 Å². The molecular formula is C14H22N2O3S. The van der Waals surface area contributed by atoms with Crippen LogP contribution in [-0.2, 0) is 23.7 Å². The van der Waals surface area contributed by atoms with Gasteiger partial charge < -0.3 is 9.67 Å². The van der Waals surface area contributed by atoms with Crippen molar-refractivity contribution in [1.29, 1.82) is 0 Å². The van der Waals surface area contributed by atoms with E-state index in [0.717, 1.165) is 5.92 Å². The summed E-state index contributed by atoms with van der Waals surface area (Å²) in [5.74, 6) is 2.04. The molecule has 1 heterocycles. The lowest BCUT2D eigenvalue weighted by Gasteiger charge is -2.21. The number of rotatable bonds is 5. The molecule has 0 saturated heterocycles. The first-order valence-corrected chi connectivity index (χ1v) is 8.73. The Morgan fingerprint density at radius 1 is 1.40 bits per heavy atom. The lowest BCUT2D eigenvalue weighted by atomic mass is 9.89. The fourth-order valence-corrected chi connectivity index (χ4v) is 5.00. The van der Waals surface area contributed by atoms with Crippen molar-refractivity contribution in [2.45, 2.75) is 37.2 Å². The van der Waals surface area contributed by atoms with Crippen molar-refractivity contribution in [2.24, 2.45) is 24.8 Å². The summed E-state index contributed by atoms with van der Waals surface area (Å²) in [4.78, 5) is 0.243. The molecule has 5 nitrogen and oxygen atoms in total. The van der Waals surface area contributed by atoms with Gasteiger partial charge in [0, 0.05) is 25.5 Å². The Kier molecular flexibility index (Phi) is 3.64. The van der Waals surface area contributed by atoms with Crippen LogP contribution in [0.15, 0.2) is 17.2 Å². The summed E-state index contributed by atoms with van der Waals surface area (Å²) < 4.78 is 28.9. The second-order valence-corrected chi connectivity index (χ2v) is 7.99. The maximum absolute atomic E-state index is 12.3. The van der Waals surface area contributed by atoms with Crippen LogP contribution in [-0.4, -0.2) is 24.6 Å². The SMILES string of the molecule is Cn1cc(S(=O)(=O)NCC2CC3CCC2C3)cc1CO. The van der Waals surface area contributed by atoms with Gasteiger partial charge in [-0.3, -0.25) is 0 Å². The molecule has 2 saturated carbocycles. The average molecular weight is 298 g/mol. The molecule has 2 fully saturated rings. The molecule has 2 bridgehead atoms. The Morgan fingerprint density at radius 3 is 2.75 bits per heavy atom. The first-order chi connectivity index (χ1) is 9.49. The summed E-state index contributed by atoms with van der Waals surface area (Å²) in [6.45, 7) is 0.394. The molecule has 0 spiro atoms. The van der Waals surface area contributed by atoms with Crippen LogP contribution in [0.5, 0.6) is 0 Å². The van der Waals surface area contributed by atoms with Gasteiger partial charge in [0.05, 0.1) is 11.5 Å². The highest BCUT2D eigenvalue weighted by Crippen LogP contribution is 2.48. The minimum absolute atomic E-state index is 0.154. The highest BCUT2D eigenvalue weighted by molar-refractivity contribution is 7.89. The van der Waals surface area contributed by atoms with Crippen LogP contribution in [0, 0.1) is 17.8 Å². The van der Waals surface area contributed by atoms with Crippen molar-refractivity contribution in [2.75, 3.05) is 6.54 Å². The fourth-order valence-electron chi connectivity index (χ4n) is 3.81. The van der Waals surface area contributed by atoms with Crippen LogP contribution < -0.4 is 4.72 Å². The predicted octanol–water partition coefficient (Wildman–Crippen LogP) is 1.23. The molecule has 0 aromatic carbocycles. The molecule has 2 aliphatic rings. The lowest BCUT2D eigenvalue weighted by Crippen LogP contribution is -2.31. The normalized spacial score (nSPS) is 29.2. The van der Waals surface area contributed by atoms with E-state index in [0.29, 0.717) is 24.1 Å². The fraction of sp³-hybridized carbons (Fsp3) is 0.714. The van der Waals surface area contributed by atoms with E-state index in [9.17, 15) is 8.42 Å². The van der Waals surface area contributed by atoms with Gasteiger partial charge in [-0.2, -0.15) is 0 Å². The van der Waals surface area contributed by atoms with E-state index in [1.807, 2.05) is 0 Å². The summed E-state index contributed by atoms with van der Waals surface area (Å²) in [7, 11) is -1.72. The van der Waals surface area contributed by atoms with Gasteiger partial charge in [-0.15, -0.1) is 0 Å². The number of nitrogens with one attached hydrogen (secondary N) is 1. The highest BCUT2D eigenvalue weighted by Gasteiger charge is 2.39. The van der Waals surface area contributed by atoms with Crippen molar-refractivity contribution in [1.82, 2.24) is 9.29 Å². The third-order valence-corrected chi connectivity index (χ3v) is 6.37. The zero-order chi connectivity index (χ0) is 14.3. The van der Waals surface area contributed by atoms with Gasteiger partial charge in [0.25, 0.3) is 0 Å². The van der Waals surface area contributed by atoms with Crippen LogP contribution in [0.1, 0.15) is 31.4 Å². The van der Waals surface area contributed by atoms with Crippen molar-refractivity contribution >= 4 is 10.0 Å². The van der Waals surface area contributed by atoms with Gasteiger partial charge in [-0.25, -0.2) is 13.1 Å². The number of hydrogen-bond donors (Lipinski definition) is 2. The number of aliphatic hydroxyl groups excluding tert-OH is 1. The monoisotopic (exact) mass is 298 g/mol. The molecule has 1 aromatic rings. The van der Waals surface area contributed by atoms with E-state index in [1.54, 1.807) is 17.8 Å². The summed E-state index contributed by atoms with van der Waals surface area (Å²) in [6.07, 6.45) is 6.59. The second-order valence-electron chi connectivity index (χ2n) is 6.22. The second kappa shape index (κ2) is 5.16. The average Bonchev–Trinajstić information content (AvgIpc) is 3.10. The third kappa shape index (κ3) is 2.52. The highest BCUT2D eigenvalue weighted by atomic mass is 32.2. The Labute approximate surface area is 120 Å². The first-order valence-electron chi connectivity index (χ1n) is 7.25. The summed E-state index contributed by atoms with van der Waals surface area (Å²) in [5, 5.41) is 9.14. The van der Waals surface area contributed by atoms with Crippen LogP contribution in [0.4, 0.5) is 0 Å². The van der Waals surface area contributed by atoms with Gasteiger partial charge in [0.2, 0.25) is 10.0 Å². The number of aromatic nitrogens is 1. The number of fused-ring (bicyclic) bond motifs is 2. The number of aliphatic hydroxyl groups is 1. The van der Waals surface area contributed by atoms with E-state index in [-0.39, 0.29) is 11.5 Å². The number of hydrogen-bond acceptors (Lipinski definition) is 3. The van der Waals surface area contributed by atoms with Crippen LogP contribution >= 0.6 is 0 Å². The molecule has 3 unspecified atom stereocenters. The van der Waals surface area contributed by atoms with Crippen molar-refractivity contribution in [3.63, 3.8) is 0 Å². The van der Waals surface area contributed by atoms with Gasteiger partial charge >= 0.3 is 0 Å². The summed E-state index contributed by atoms with van der Waals surface area (Å²) in [6, 6.07) is 1.53. The molecule has 2 aliphatic carbocycles. The van der Waals surface area contributed by atoms with Gasteiger partial charge in [0.1, 0.15) is 0 Å². The maximum Gasteiger partial charge on any atom is 0.242 e. The largest absolute Gasteiger partial charge is 0.390 e. The number of nitrogens with zero attached hydrogens (tertiary/aromatic N) is 1. The molecule has 6 heteroatoms. The van der Waals surface area contributed by atoms with Gasteiger partial charge in [-0.05, 0) is 43.1 Å². The Balaban J connectivity index is 1.66. The quantitative estimate of drug-likeness (QED) is 0.859. The Bertz CT molecular complexity index is 594. The maximum atomic E-state index is 12.3. The number of aryl methyl sites for hydroxylation is 1. The van der Waals surface area contributed by atoms with E-state index >= 15 is 0 Å². The predicted molar refractivity (Wildman–Crippen MR) is 75.5 cm³/mol. The lowest BCUT2D eigenvalue weighted by molar-refractivity contribution is 0.272. The minimum Gasteiger partial charge on any atom is -0.390 e. The molecular weight excluding hydrogens is 276 g/mol. The van der Waals surface area contributed by atoms with Crippen molar-refractivity contribution in [3.05, 3.63) is 18.0 Å². The molecule has 2 N–H and O–H groups in total. The molecule has 0 aliphatic heterocycles. The molecule has 1 aromatic heterocycles. The van der Waals surface area contributed by atoms with Crippen molar-refractivity contribution in [3.8, 4) is 0 Å². The third-order valence-electron chi connectivity index (χ3n) is 4.98. The molecule has 3 atom stereocenters. The molecule has 0 radical (unpaired) electrons. The zero-order valence-corrected chi connectivity index (χ0v) is 12.6. The Morgan fingerprint density at radius 2 is 2.20 bits per heavy atom. The molecule has 0 amide bonds. The Hall–Kier alpha value is -0.850. The van der Waals surface area contributed by atoms with E-state index in [2.05, 4.69) is 4.72 Å². The summed E-state index contributed by atoms with van der Waals surface area (Å²) >= 11 is 0. The van der Waals surface area contributed by atoms with Gasteiger partial charge in [-0.1, -0.05) is 6.42 Å². The van der Waals surface area contributed by atoms with Crippen LogP contribution in [0.3, 0.4) is 0 Å². The minimum atomic E-state index is -3.46. The van der Waals surface area contributed by atoms with E-state index in [1.165, 1.54) is 31.7 Å². The number of sulfonamides is 1. The zero-order valence-electron chi connectivity index (χ0n) is 11.7. The van der Waals surface area contributed by atoms with Crippen LogP contribution in [0.2, 0.25) is 0 Å². The topological polar surface area (TPSA) is 71.3 Å².